The second-order valence-corrected chi connectivity index (χ2v) is 7.55. The number of hydrogen-bond donors (Lipinski definition) is 0. The van der Waals surface area contributed by atoms with Gasteiger partial charge in [-0.3, -0.25) is 0 Å². The molecular weight excluding hydrogens is 429 g/mol. The molecule has 4 rings (SSSR count). The van der Waals surface area contributed by atoms with Gasteiger partial charge in [-0.15, -0.1) is 0 Å². The number of halogens is 4. The Kier molecular flexibility index (Phi) is 6.22. The molecule has 0 amide bonds. The van der Waals surface area contributed by atoms with Crippen LogP contribution in [0.15, 0.2) is 66.7 Å². The summed E-state index contributed by atoms with van der Waals surface area (Å²) < 4.78 is 42.1. The number of aryl methyl sites for hydroxylation is 1. The van der Waals surface area contributed by atoms with E-state index in [4.69, 9.17) is 11.6 Å². The largest absolute Gasteiger partial charge is 0.205 e. The number of rotatable bonds is 1. The van der Waals surface area contributed by atoms with Crippen LogP contribution in [0.1, 0.15) is 34.7 Å². The number of benzene rings is 4. The Balaban J connectivity index is 1.63. The molecule has 0 N–H and O–H groups in total. The van der Waals surface area contributed by atoms with E-state index in [1.165, 1.54) is 11.6 Å². The number of hydrogen-bond acceptors (Lipinski definition) is 0. The third-order valence-electron chi connectivity index (χ3n) is 4.99. The molecule has 0 aromatic heterocycles. The predicted octanol–water partition coefficient (Wildman–Crippen LogP) is 7.27. The molecule has 0 radical (unpaired) electrons. The first-order valence-electron chi connectivity index (χ1n) is 9.94. The van der Waals surface area contributed by atoms with Crippen LogP contribution < -0.4 is 0 Å². The summed E-state index contributed by atoms with van der Waals surface area (Å²) in [5, 5.41) is 0.484. The van der Waals surface area contributed by atoms with Crippen molar-refractivity contribution in [2.45, 2.75) is 13.3 Å². The minimum absolute atomic E-state index is 0.0708. The van der Waals surface area contributed by atoms with Crippen LogP contribution in [0, 0.1) is 41.1 Å². The first-order valence-corrected chi connectivity index (χ1v) is 10.3. The standard InChI is InChI=1S/C28H16ClF3/c1-2-18-3-5-19(6-4-18)7-8-20-10-14-24-23(15-20)13-12-22(28(24)32)11-9-21-16-25(30)27(29)26(31)17-21/h3-6,10,12-17H,2H2,1H3. The maximum absolute atomic E-state index is 14.9. The fourth-order valence-corrected chi connectivity index (χ4v) is 3.31. The molecule has 156 valence electrons. The third kappa shape index (κ3) is 4.65. The molecule has 0 saturated heterocycles. The first-order chi connectivity index (χ1) is 15.4. The molecule has 0 aliphatic carbocycles. The summed E-state index contributed by atoms with van der Waals surface area (Å²) in [6, 6.07) is 18.6. The Labute approximate surface area is 189 Å². The van der Waals surface area contributed by atoms with Gasteiger partial charge >= 0.3 is 0 Å². The van der Waals surface area contributed by atoms with Crippen LogP contribution in [0.3, 0.4) is 0 Å². The maximum Gasteiger partial charge on any atom is 0.146 e. The van der Waals surface area contributed by atoms with E-state index in [1.54, 1.807) is 18.2 Å². The Morgan fingerprint density at radius 3 is 2.00 bits per heavy atom. The van der Waals surface area contributed by atoms with E-state index in [-0.39, 0.29) is 11.1 Å². The van der Waals surface area contributed by atoms with E-state index < -0.39 is 22.5 Å². The number of fused-ring (bicyclic) bond motifs is 1. The Hall–Kier alpha value is -3.66. The average molecular weight is 445 g/mol. The zero-order valence-corrected chi connectivity index (χ0v) is 17.8. The van der Waals surface area contributed by atoms with Crippen molar-refractivity contribution in [1.29, 1.82) is 0 Å². The van der Waals surface area contributed by atoms with Gasteiger partial charge in [0.1, 0.15) is 22.5 Å². The van der Waals surface area contributed by atoms with Crippen molar-refractivity contribution in [2.24, 2.45) is 0 Å². The quantitative estimate of drug-likeness (QED) is 0.214. The fraction of sp³-hybridized carbons (Fsp3) is 0.0714. The summed E-state index contributed by atoms with van der Waals surface area (Å²) in [5.74, 6) is 9.12. The van der Waals surface area contributed by atoms with E-state index in [0.29, 0.717) is 10.8 Å². The summed E-state index contributed by atoms with van der Waals surface area (Å²) in [5.41, 5.74) is 3.13. The van der Waals surface area contributed by atoms with Crippen molar-refractivity contribution in [3.8, 4) is 23.7 Å². The van der Waals surface area contributed by atoms with Crippen molar-refractivity contribution >= 4 is 22.4 Å². The third-order valence-corrected chi connectivity index (χ3v) is 5.35. The Morgan fingerprint density at radius 1 is 0.688 bits per heavy atom. The second kappa shape index (κ2) is 9.23. The van der Waals surface area contributed by atoms with E-state index in [0.717, 1.165) is 29.7 Å². The molecule has 4 heteroatoms. The van der Waals surface area contributed by atoms with E-state index >= 15 is 0 Å². The highest BCUT2D eigenvalue weighted by Gasteiger charge is 2.09. The van der Waals surface area contributed by atoms with Crippen LogP contribution >= 0.6 is 11.6 Å². The second-order valence-electron chi connectivity index (χ2n) is 7.17. The fourth-order valence-electron chi connectivity index (χ4n) is 3.20. The summed E-state index contributed by atoms with van der Waals surface area (Å²) in [6.07, 6.45) is 0.976. The summed E-state index contributed by atoms with van der Waals surface area (Å²) >= 11 is 5.47. The van der Waals surface area contributed by atoms with Crippen molar-refractivity contribution in [3.05, 3.63) is 117 Å². The lowest BCUT2D eigenvalue weighted by Crippen LogP contribution is -1.89. The van der Waals surface area contributed by atoms with Crippen LogP contribution in [0.2, 0.25) is 5.02 Å². The molecule has 0 aliphatic rings. The van der Waals surface area contributed by atoms with Crippen LogP contribution in [-0.2, 0) is 6.42 Å². The van der Waals surface area contributed by atoms with Crippen LogP contribution in [-0.4, -0.2) is 0 Å². The lowest BCUT2D eigenvalue weighted by Gasteiger charge is -2.03. The smallest absolute Gasteiger partial charge is 0.146 e. The summed E-state index contributed by atoms with van der Waals surface area (Å²) in [7, 11) is 0. The Bertz CT molecular complexity index is 1420. The van der Waals surface area contributed by atoms with Crippen LogP contribution in [0.25, 0.3) is 10.8 Å². The van der Waals surface area contributed by atoms with Gasteiger partial charge in [-0.05, 0) is 59.8 Å². The maximum atomic E-state index is 14.9. The highest BCUT2D eigenvalue weighted by molar-refractivity contribution is 6.30. The van der Waals surface area contributed by atoms with Gasteiger partial charge in [0.05, 0.1) is 5.56 Å². The van der Waals surface area contributed by atoms with Gasteiger partial charge in [-0.1, -0.05) is 66.5 Å². The van der Waals surface area contributed by atoms with Gasteiger partial charge in [0.25, 0.3) is 0 Å². The zero-order chi connectivity index (χ0) is 22.7. The van der Waals surface area contributed by atoms with Crippen molar-refractivity contribution in [1.82, 2.24) is 0 Å². The predicted molar refractivity (Wildman–Crippen MR) is 123 cm³/mol. The van der Waals surface area contributed by atoms with Gasteiger partial charge in [0, 0.05) is 22.1 Å². The van der Waals surface area contributed by atoms with E-state index in [1.807, 2.05) is 18.2 Å². The lowest BCUT2D eigenvalue weighted by molar-refractivity contribution is 0.583. The molecular formula is C28H16ClF3. The molecule has 0 bridgehead atoms. The molecule has 0 saturated carbocycles. The lowest BCUT2D eigenvalue weighted by atomic mass is 10.0. The van der Waals surface area contributed by atoms with Crippen molar-refractivity contribution < 1.29 is 13.2 Å². The molecule has 4 aromatic carbocycles. The highest BCUT2D eigenvalue weighted by Crippen LogP contribution is 2.23. The minimum Gasteiger partial charge on any atom is -0.205 e. The van der Waals surface area contributed by atoms with E-state index in [2.05, 4.69) is 42.7 Å². The first kappa shape index (κ1) is 21.6. The van der Waals surface area contributed by atoms with Gasteiger partial charge in [-0.2, -0.15) is 0 Å². The molecule has 0 heterocycles. The van der Waals surface area contributed by atoms with Crippen molar-refractivity contribution in [3.63, 3.8) is 0 Å². The Morgan fingerprint density at radius 2 is 1.31 bits per heavy atom. The SMILES string of the molecule is CCc1ccc(C#Cc2ccc3c(F)c(C#Cc4cc(F)c(Cl)c(F)c4)ccc3c2)cc1. The zero-order valence-electron chi connectivity index (χ0n) is 17.1. The van der Waals surface area contributed by atoms with Crippen LogP contribution in [0.5, 0.6) is 0 Å². The van der Waals surface area contributed by atoms with Gasteiger partial charge in [0.2, 0.25) is 0 Å². The van der Waals surface area contributed by atoms with Gasteiger partial charge in [0.15, 0.2) is 0 Å². The van der Waals surface area contributed by atoms with Crippen LogP contribution in [0.4, 0.5) is 13.2 Å². The molecule has 32 heavy (non-hydrogen) atoms. The minimum atomic E-state index is -0.912. The normalized spacial score (nSPS) is 10.3. The molecule has 0 aliphatic heterocycles. The molecule has 4 aromatic rings. The van der Waals surface area contributed by atoms with E-state index in [9.17, 15) is 13.2 Å². The monoisotopic (exact) mass is 444 g/mol. The highest BCUT2D eigenvalue weighted by atomic mass is 35.5. The molecule has 0 fully saturated rings. The summed E-state index contributed by atoms with van der Waals surface area (Å²) in [4.78, 5) is 0. The molecule has 0 spiro atoms. The molecule has 0 atom stereocenters. The van der Waals surface area contributed by atoms with Crippen molar-refractivity contribution in [2.75, 3.05) is 0 Å². The average Bonchev–Trinajstić information content (AvgIpc) is 2.81. The van der Waals surface area contributed by atoms with Gasteiger partial charge in [-0.25, -0.2) is 13.2 Å². The molecule has 0 unspecified atom stereocenters. The summed E-state index contributed by atoms with van der Waals surface area (Å²) in [6.45, 7) is 2.10. The topological polar surface area (TPSA) is 0 Å². The van der Waals surface area contributed by atoms with Gasteiger partial charge < -0.3 is 0 Å². The molecule has 0 nitrogen and oxygen atoms in total.